The van der Waals surface area contributed by atoms with Crippen molar-refractivity contribution in [2.24, 2.45) is 5.92 Å². The fourth-order valence-electron chi connectivity index (χ4n) is 2.02. The summed E-state index contributed by atoms with van der Waals surface area (Å²) in [6.07, 6.45) is 4.01. The third-order valence-corrected chi connectivity index (χ3v) is 2.72. The molecule has 0 aromatic heterocycles. The molecule has 0 radical (unpaired) electrons. The molecule has 1 N–H and O–H groups in total. The van der Waals surface area contributed by atoms with Crippen LogP contribution in [0.5, 0.6) is 0 Å². The molecule has 15 heavy (non-hydrogen) atoms. The molecule has 0 unspecified atom stereocenters. The first-order valence-electron chi connectivity index (χ1n) is 5.78. The minimum absolute atomic E-state index is 0.105. The van der Waals surface area contributed by atoms with E-state index in [9.17, 15) is 9.90 Å². The lowest BCUT2D eigenvalue weighted by Crippen LogP contribution is -2.30. The topological polar surface area (TPSA) is 46.5 Å². The highest BCUT2D eigenvalue weighted by molar-refractivity contribution is 5.70. The van der Waals surface area contributed by atoms with Gasteiger partial charge in [-0.3, -0.25) is 4.79 Å². The van der Waals surface area contributed by atoms with Crippen LogP contribution in [0, 0.1) is 5.92 Å². The number of rotatable bonds is 2. The third kappa shape index (κ3) is 4.65. The van der Waals surface area contributed by atoms with Gasteiger partial charge in [-0.05, 0) is 39.5 Å². The van der Waals surface area contributed by atoms with E-state index in [4.69, 9.17) is 4.74 Å². The Labute approximate surface area is 91.8 Å². The van der Waals surface area contributed by atoms with E-state index >= 15 is 0 Å². The van der Waals surface area contributed by atoms with Crippen LogP contribution in [0.25, 0.3) is 0 Å². The molecule has 1 aliphatic rings. The number of esters is 1. The van der Waals surface area contributed by atoms with Crippen molar-refractivity contribution in [2.75, 3.05) is 0 Å². The van der Waals surface area contributed by atoms with Crippen molar-refractivity contribution in [1.82, 2.24) is 0 Å². The average molecular weight is 214 g/mol. The molecule has 1 aliphatic carbocycles. The summed E-state index contributed by atoms with van der Waals surface area (Å²) in [4.78, 5) is 11.5. The van der Waals surface area contributed by atoms with Gasteiger partial charge in [-0.2, -0.15) is 0 Å². The van der Waals surface area contributed by atoms with Crippen LogP contribution < -0.4 is 0 Å². The van der Waals surface area contributed by atoms with Crippen molar-refractivity contribution in [3.8, 4) is 0 Å². The standard InChI is InChI=1S/C12H22O3/c1-12(2,3)15-11(14)8-9-6-4-5-7-10(9)13/h9-10,13H,4-8H2,1-3H3/t9-,10+/m1/s1. The summed E-state index contributed by atoms with van der Waals surface area (Å²) in [6.45, 7) is 5.59. The molecule has 0 aromatic rings. The van der Waals surface area contributed by atoms with Crippen LogP contribution in [0.15, 0.2) is 0 Å². The number of carbonyl (C=O) groups is 1. The van der Waals surface area contributed by atoms with Crippen LogP contribution in [0.1, 0.15) is 52.9 Å². The smallest absolute Gasteiger partial charge is 0.306 e. The number of aliphatic hydroxyl groups is 1. The molecular formula is C12H22O3. The molecule has 3 heteroatoms. The maximum absolute atomic E-state index is 11.5. The lowest BCUT2D eigenvalue weighted by atomic mass is 9.84. The first kappa shape index (κ1) is 12.5. The van der Waals surface area contributed by atoms with E-state index in [1.807, 2.05) is 20.8 Å². The molecule has 0 spiro atoms. The van der Waals surface area contributed by atoms with Gasteiger partial charge in [0, 0.05) is 0 Å². The Bertz CT molecular complexity index is 217. The van der Waals surface area contributed by atoms with E-state index in [0.717, 1.165) is 25.7 Å². The zero-order chi connectivity index (χ0) is 11.5. The van der Waals surface area contributed by atoms with Gasteiger partial charge in [-0.1, -0.05) is 12.8 Å². The van der Waals surface area contributed by atoms with Crippen LogP contribution in [0.4, 0.5) is 0 Å². The fourth-order valence-corrected chi connectivity index (χ4v) is 2.02. The number of hydrogen-bond acceptors (Lipinski definition) is 3. The molecule has 0 amide bonds. The largest absolute Gasteiger partial charge is 0.460 e. The minimum Gasteiger partial charge on any atom is -0.460 e. The lowest BCUT2D eigenvalue weighted by molar-refractivity contribution is -0.157. The molecule has 0 bridgehead atoms. The van der Waals surface area contributed by atoms with Gasteiger partial charge in [-0.15, -0.1) is 0 Å². The van der Waals surface area contributed by atoms with Gasteiger partial charge >= 0.3 is 5.97 Å². The predicted octanol–water partition coefficient (Wildman–Crippen LogP) is 2.27. The van der Waals surface area contributed by atoms with Crippen molar-refractivity contribution >= 4 is 5.97 Å². The zero-order valence-electron chi connectivity index (χ0n) is 9.95. The summed E-state index contributed by atoms with van der Waals surface area (Å²) in [5, 5.41) is 9.71. The van der Waals surface area contributed by atoms with E-state index in [0.29, 0.717) is 6.42 Å². The Kier molecular flexibility index (Phi) is 4.14. The number of hydrogen-bond donors (Lipinski definition) is 1. The summed E-state index contributed by atoms with van der Waals surface area (Å²) in [5.41, 5.74) is -0.420. The molecule has 1 saturated carbocycles. The SMILES string of the molecule is CC(C)(C)OC(=O)C[C@H]1CCCC[C@@H]1O. The fraction of sp³-hybridized carbons (Fsp3) is 0.917. The van der Waals surface area contributed by atoms with Crippen molar-refractivity contribution in [2.45, 2.75) is 64.6 Å². The second-order valence-electron chi connectivity index (χ2n) is 5.40. The van der Waals surface area contributed by atoms with Crippen molar-refractivity contribution in [1.29, 1.82) is 0 Å². The highest BCUT2D eigenvalue weighted by Crippen LogP contribution is 2.27. The van der Waals surface area contributed by atoms with E-state index < -0.39 is 5.60 Å². The number of ether oxygens (including phenoxy) is 1. The van der Waals surface area contributed by atoms with Gasteiger partial charge in [0.15, 0.2) is 0 Å². The molecule has 3 nitrogen and oxygen atoms in total. The molecule has 0 heterocycles. The summed E-state index contributed by atoms with van der Waals surface area (Å²) >= 11 is 0. The van der Waals surface area contributed by atoms with E-state index in [1.165, 1.54) is 0 Å². The lowest BCUT2D eigenvalue weighted by Gasteiger charge is -2.28. The summed E-state index contributed by atoms with van der Waals surface area (Å²) in [7, 11) is 0. The van der Waals surface area contributed by atoms with Crippen molar-refractivity contribution in [3.63, 3.8) is 0 Å². The molecule has 2 atom stereocenters. The Balaban J connectivity index is 2.36. The van der Waals surface area contributed by atoms with Crippen molar-refractivity contribution < 1.29 is 14.6 Å². The van der Waals surface area contributed by atoms with Gasteiger partial charge < -0.3 is 9.84 Å². The Morgan fingerprint density at radius 1 is 1.33 bits per heavy atom. The summed E-state index contributed by atoms with van der Waals surface area (Å²) in [5.74, 6) is -0.0814. The highest BCUT2D eigenvalue weighted by atomic mass is 16.6. The first-order chi connectivity index (χ1) is 6.88. The number of aliphatic hydroxyl groups excluding tert-OH is 1. The predicted molar refractivity (Wildman–Crippen MR) is 58.4 cm³/mol. The number of carbonyl (C=O) groups excluding carboxylic acids is 1. The molecule has 0 saturated heterocycles. The zero-order valence-corrected chi connectivity index (χ0v) is 9.95. The Morgan fingerprint density at radius 2 is 1.93 bits per heavy atom. The van der Waals surface area contributed by atoms with Crippen molar-refractivity contribution in [3.05, 3.63) is 0 Å². The molecule has 0 aromatic carbocycles. The van der Waals surface area contributed by atoms with Crippen LogP contribution >= 0.6 is 0 Å². The molecule has 88 valence electrons. The quantitative estimate of drug-likeness (QED) is 0.717. The van der Waals surface area contributed by atoms with E-state index in [-0.39, 0.29) is 18.0 Å². The van der Waals surface area contributed by atoms with Crippen LogP contribution in [-0.2, 0) is 9.53 Å². The second-order valence-corrected chi connectivity index (χ2v) is 5.40. The molecule has 1 rings (SSSR count). The monoisotopic (exact) mass is 214 g/mol. The van der Waals surface area contributed by atoms with Crippen LogP contribution in [0.3, 0.4) is 0 Å². The molecule has 1 fully saturated rings. The first-order valence-corrected chi connectivity index (χ1v) is 5.78. The van der Waals surface area contributed by atoms with Gasteiger partial charge in [0.25, 0.3) is 0 Å². The molecule has 0 aliphatic heterocycles. The maximum Gasteiger partial charge on any atom is 0.306 e. The van der Waals surface area contributed by atoms with E-state index in [2.05, 4.69) is 0 Å². The third-order valence-electron chi connectivity index (χ3n) is 2.72. The second kappa shape index (κ2) is 4.97. The van der Waals surface area contributed by atoms with Crippen LogP contribution in [0.2, 0.25) is 0 Å². The normalized spacial score (nSPS) is 27.5. The van der Waals surface area contributed by atoms with Gasteiger partial charge in [0.1, 0.15) is 5.60 Å². The Hall–Kier alpha value is -0.570. The summed E-state index contributed by atoms with van der Waals surface area (Å²) < 4.78 is 5.24. The van der Waals surface area contributed by atoms with Gasteiger partial charge in [0.05, 0.1) is 12.5 Å². The minimum atomic E-state index is -0.420. The van der Waals surface area contributed by atoms with Crippen LogP contribution in [-0.4, -0.2) is 22.8 Å². The highest BCUT2D eigenvalue weighted by Gasteiger charge is 2.27. The Morgan fingerprint density at radius 3 is 2.47 bits per heavy atom. The maximum atomic E-state index is 11.5. The summed E-state index contributed by atoms with van der Waals surface area (Å²) in [6, 6.07) is 0. The van der Waals surface area contributed by atoms with Gasteiger partial charge in [-0.25, -0.2) is 0 Å². The van der Waals surface area contributed by atoms with E-state index in [1.54, 1.807) is 0 Å². The average Bonchev–Trinajstić information content (AvgIpc) is 2.05. The molecular weight excluding hydrogens is 192 g/mol. The van der Waals surface area contributed by atoms with Gasteiger partial charge in [0.2, 0.25) is 0 Å².